The number of urea groups is 1. The highest BCUT2D eigenvalue weighted by Gasteiger charge is 2.44. The minimum absolute atomic E-state index is 0.00529. The van der Waals surface area contributed by atoms with Crippen molar-refractivity contribution in [2.24, 2.45) is 7.05 Å². The number of ether oxygens (including phenoxy) is 1. The van der Waals surface area contributed by atoms with E-state index in [0.29, 0.717) is 28.2 Å². The van der Waals surface area contributed by atoms with Crippen LogP contribution >= 0.6 is 11.6 Å². The molecule has 0 aliphatic carbocycles. The molecule has 1 unspecified atom stereocenters. The highest BCUT2D eigenvalue weighted by molar-refractivity contribution is 6.31. The van der Waals surface area contributed by atoms with Crippen molar-refractivity contribution in [1.82, 2.24) is 29.5 Å². The molecule has 202 valence electrons. The van der Waals surface area contributed by atoms with Gasteiger partial charge in [0.25, 0.3) is 5.91 Å². The molecule has 2 aromatic heterocycles. The number of aryl methyl sites for hydroxylation is 2. The van der Waals surface area contributed by atoms with Crippen molar-refractivity contribution in [3.63, 3.8) is 0 Å². The minimum Gasteiger partial charge on any atom is -0.487 e. The Bertz CT molecular complexity index is 1610. The van der Waals surface area contributed by atoms with Crippen LogP contribution in [0.25, 0.3) is 22.3 Å². The van der Waals surface area contributed by atoms with Gasteiger partial charge in [0, 0.05) is 35.8 Å². The maximum atomic E-state index is 14.6. The normalized spacial score (nSPS) is 16.4. The van der Waals surface area contributed by atoms with E-state index in [1.807, 2.05) is 32.2 Å². The lowest BCUT2D eigenvalue weighted by atomic mass is 9.99. The van der Waals surface area contributed by atoms with Crippen molar-refractivity contribution >= 4 is 34.4 Å². The van der Waals surface area contributed by atoms with Crippen LogP contribution in [0, 0.1) is 12.7 Å². The SMILES string of the molecule is CCN1C(=O)C(C)N([C@@H](C)c2cc(F)cc(Cl)c2COc2cccc3c(-c4ncnn4C)cc(C)nc23)C1=O. The summed E-state index contributed by atoms with van der Waals surface area (Å²) in [6.07, 6.45) is 1.50. The Labute approximate surface area is 230 Å². The highest BCUT2D eigenvalue weighted by Crippen LogP contribution is 2.36. The van der Waals surface area contributed by atoms with Crippen LogP contribution in [0.4, 0.5) is 9.18 Å². The first-order valence-electron chi connectivity index (χ1n) is 12.6. The molecular weight excluding hydrogens is 523 g/mol. The van der Waals surface area contributed by atoms with Gasteiger partial charge in [-0.15, -0.1) is 0 Å². The summed E-state index contributed by atoms with van der Waals surface area (Å²) < 4.78 is 22.5. The van der Waals surface area contributed by atoms with Crippen LogP contribution in [0.3, 0.4) is 0 Å². The summed E-state index contributed by atoms with van der Waals surface area (Å²) in [6.45, 7) is 7.31. The number of pyridine rings is 1. The summed E-state index contributed by atoms with van der Waals surface area (Å²) in [5.41, 5.74) is 3.26. The fourth-order valence-electron chi connectivity index (χ4n) is 5.18. The van der Waals surface area contributed by atoms with Gasteiger partial charge in [-0.2, -0.15) is 5.10 Å². The maximum absolute atomic E-state index is 14.6. The molecule has 0 N–H and O–H groups in total. The number of amides is 3. The molecule has 0 spiro atoms. The summed E-state index contributed by atoms with van der Waals surface area (Å²) in [5, 5.41) is 5.19. The van der Waals surface area contributed by atoms with E-state index in [9.17, 15) is 14.0 Å². The van der Waals surface area contributed by atoms with Gasteiger partial charge in [-0.1, -0.05) is 23.7 Å². The second kappa shape index (κ2) is 10.3. The van der Waals surface area contributed by atoms with Crippen LogP contribution in [-0.2, 0) is 18.4 Å². The Morgan fingerprint density at radius 1 is 1.21 bits per heavy atom. The van der Waals surface area contributed by atoms with E-state index in [-0.39, 0.29) is 24.1 Å². The number of aromatic nitrogens is 4. The second-order valence-electron chi connectivity index (χ2n) is 9.54. The average molecular weight is 551 g/mol. The number of rotatable bonds is 7. The first-order chi connectivity index (χ1) is 18.6. The van der Waals surface area contributed by atoms with Crippen molar-refractivity contribution in [2.45, 2.75) is 46.4 Å². The van der Waals surface area contributed by atoms with Crippen LogP contribution in [0.2, 0.25) is 5.02 Å². The minimum atomic E-state index is -0.687. The van der Waals surface area contributed by atoms with Gasteiger partial charge in [-0.05, 0) is 57.5 Å². The first-order valence-corrected chi connectivity index (χ1v) is 13.0. The third-order valence-corrected chi connectivity index (χ3v) is 7.46. The van der Waals surface area contributed by atoms with Crippen LogP contribution in [0.5, 0.6) is 5.75 Å². The van der Waals surface area contributed by atoms with Gasteiger partial charge >= 0.3 is 6.03 Å². The lowest BCUT2D eigenvalue weighted by Gasteiger charge is -2.29. The van der Waals surface area contributed by atoms with Crippen LogP contribution in [0.1, 0.15) is 43.6 Å². The monoisotopic (exact) mass is 550 g/mol. The zero-order valence-corrected chi connectivity index (χ0v) is 23.0. The van der Waals surface area contributed by atoms with E-state index < -0.39 is 23.9 Å². The van der Waals surface area contributed by atoms with Crippen LogP contribution < -0.4 is 4.74 Å². The van der Waals surface area contributed by atoms with Crippen molar-refractivity contribution in [2.75, 3.05) is 6.54 Å². The number of hydrogen-bond acceptors (Lipinski definition) is 6. The van der Waals surface area contributed by atoms with Gasteiger partial charge < -0.3 is 9.64 Å². The van der Waals surface area contributed by atoms with Gasteiger partial charge in [-0.3, -0.25) is 9.69 Å². The number of imide groups is 1. The molecule has 1 fully saturated rings. The topological polar surface area (TPSA) is 93.4 Å². The standard InChI is InChI=1S/C28H28ClFN6O3/c1-6-35-27(37)17(4)36(28(35)38)16(3)20-11-18(30)12-23(29)22(20)13-39-24-9-7-8-19-21(10-15(2)33-25(19)24)26-31-14-32-34(26)5/h7-12,14,16-17H,6,13H2,1-5H3/t16-,17?/m0/s1. The smallest absolute Gasteiger partial charge is 0.327 e. The summed E-state index contributed by atoms with van der Waals surface area (Å²) in [4.78, 5) is 37.4. The third-order valence-electron chi connectivity index (χ3n) is 7.13. The van der Waals surface area contributed by atoms with Crippen LogP contribution in [0.15, 0.2) is 42.7 Å². The van der Waals surface area contributed by atoms with E-state index in [0.717, 1.165) is 16.6 Å². The number of benzene rings is 2. The molecule has 39 heavy (non-hydrogen) atoms. The quantitative estimate of drug-likeness (QED) is 0.284. The predicted molar refractivity (Wildman–Crippen MR) is 145 cm³/mol. The molecule has 0 saturated carbocycles. The number of fused-ring (bicyclic) bond motifs is 1. The molecule has 2 atom stereocenters. The van der Waals surface area contributed by atoms with Gasteiger partial charge in [0.1, 0.15) is 36.1 Å². The van der Waals surface area contributed by atoms with Gasteiger partial charge in [0.05, 0.1) is 11.1 Å². The molecular formula is C28H28ClFN6O3. The Kier molecular flexibility index (Phi) is 6.98. The average Bonchev–Trinajstić information content (AvgIpc) is 3.41. The van der Waals surface area contributed by atoms with E-state index in [4.69, 9.17) is 21.3 Å². The molecule has 0 radical (unpaired) electrons. The van der Waals surface area contributed by atoms with Gasteiger partial charge in [0.15, 0.2) is 5.82 Å². The Balaban J connectivity index is 1.52. The molecule has 3 heterocycles. The fraction of sp³-hybridized carbons (Fsp3) is 0.321. The van der Waals surface area contributed by atoms with Crippen molar-refractivity contribution in [3.05, 3.63) is 70.4 Å². The molecule has 11 heteroatoms. The number of carbonyl (C=O) groups is 2. The Morgan fingerprint density at radius 3 is 2.64 bits per heavy atom. The summed E-state index contributed by atoms with van der Waals surface area (Å²) >= 11 is 6.53. The van der Waals surface area contributed by atoms with Crippen LogP contribution in [-0.4, -0.2) is 54.1 Å². The largest absolute Gasteiger partial charge is 0.487 e. The second-order valence-corrected chi connectivity index (χ2v) is 9.95. The van der Waals surface area contributed by atoms with Gasteiger partial charge in [0.2, 0.25) is 0 Å². The molecule has 5 rings (SSSR count). The molecule has 2 aromatic carbocycles. The summed E-state index contributed by atoms with van der Waals surface area (Å²) in [7, 11) is 1.82. The predicted octanol–water partition coefficient (Wildman–Crippen LogP) is 5.44. The molecule has 0 bridgehead atoms. The van der Waals surface area contributed by atoms with Crippen molar-refractivity contribution in [3.8, 4) is 17.1 Å². The summed E-state index contributed by atoms with van der Waals surface area (Å²) in [5.74, 6) is 0.377. The Morgan fingerprint density at radius 2 is 1.97 bits per heavy atom. The lowest BCUT2D eigenvalue weighted by Crippen LogP contribution is -2.36. The molecule has 3 amide bonds. The number of likely N-dealkylation sites (N-methyl/N-ethyl adjacent to an activating group) is 1. The van der Waals surface area contributed by atoms with Gasteiger partial charge in [-0.25, -0.2) is 23.8 Å². The number of carbonyl (C=O) groups excluding carboxylic acids is 2. The third kappa shape index (κ3) is 4.58. The fourth-order valence-corrected chi connectivity index (χ4v) is 5.44. The maximum Gasteiger partial charge on any atom is 0.327 e. The molecule has 1 aliphatic heterocycles. The number of nitrogens with zero attached hydrogens (tertiary/aromatic N) is 6. The summed E-state index contributed by atoms with van der Waals surface area (Å²) in [6, 6.07) is 8.37. The Hall–Kier alpha value is -4.05. The van der Waals surface area contributed by atoms with Crippen molar-refractivity contribution < 1.29 is 18.7 Å². The van der Waals surface area contributed by atoms with E-state index in [1.165, 1.54) is 28.3 Å². The van der Waals surface area contributed by atoms with E-state index in [1.54, 1.807) is 31.5 Å². The highest BCUT2D eigenvalue weighted by atomic mass is 35.5. The molecule has 4 aromatic rings. The lowest BCUT2D eigenvalue weighted by molar-refractivity contribution is -0.127. The molecule has 9 nitrogen and oxygen atoms in total. The first kappa shape index (κ1) is 26.6. The number of halogens is 2. The number of hydrogen-bond donors (Lipinski definition) is 0. The zero-order valence-electron chi connectivity index (χ0n) is 22.3. The molecule has 1 saturated heterocycles. The molecule has 1 aliphatic rings. The van der Waals surface area contributed by atoms with E-state index >= 15 is 0 Å². The number of para-hydroxylation sites is 1. The van der Waals surface area contributed by atoms with Crippen molar-refractivity contribution in [1.29, 1.82) is 0 Å². The zero-order chi connectivity index (χ0) is 28.0. The van der Waals surface area contributed by atoms with E-state index in [2.05, 4.69) is 10.1 Å².